The molecule has 0 radical (unpaired) electrons. The van der Waals surface area contributed by atoms with Crippen LogP contribution in [-0.4, -0.2) is 26.8 Å². The van der Waals surface area contributed by atoms with Gasteiger partial charge < -0.3 is 9.84 Å². The highest BCUT2D eigenvalue weighted by Gasteiger charge is 2.29. The average Bonchev–Trinajstić information content (AvgIpc) is 3.39. The highest BCUT2D eigenvalue weighted by atomic mass is 79.9. The molecule has 0 aliphatic heterocycles. The third-order valence-electron chi connectivity index (χ3n) is 3.85. The van der Waals surface area contributed by atoms with Crippen molar-refractivity contribution >= 4 is 39.3 Å². The van der Waals surface area contributed by atoms with Crippen LogP contribution in [0.15, 0.2) is 56.6 Å². The Balaban J connectivity index is 1.37. The van der Waals surface area contributed by atoms with Crippen LogP contribution in [0.4, 0.5) is 5.69 Å². The van der Waals surface area contributed by atoms with E-state index in [1.165, 1.54) is 11.8 Å². The molecule has 1 N–H and O–H groups in total. The molecule has 1 fully saturated rings. The lowest BCUT2D eigenvalue weighted by Crippen LogP contribution is -2.13. The van der Waals surface area contributed by atoms with Gasteiger partial charge in [0.1, 0.15) is 0 Å². The van der Waals surface area contributed by atoms with Crippen LogP contribution in [0, 0.1) is 0 Å². The van der Waals surface area contributed by atoms with Crippen molar-refractivity contribution in [1.82, 2.24) is 15.1 Å². The van der Waals surface area contributed by atoms with Gasteiger partial charge in [-0.15, -0.1) is 0 Å². The number of hydrogen-bond donors (Lipinski definition) is 1. The molecule has 0 bridgehead atoms. The van der Waals surface area contributed by atoms with E-state index in [0.29, 0.717) is 11.8 Å². The van der Waals surface area contributed by atoms with Gasteiger partial charge in [-0.3, -0.25) is 4.79 Å². The summed E-state index contributed by atoms with van der Waals surface area (Å²) in [4.78, 5) is 20.8. The van der Waals surface area contributed by atoms with Crippen molar-refractivity contribution < 1.29 is 9.32 Å². The predicted molar refractivity (Wildman–Crippen MR) is 103 cm³/mol. The van der Waals surface area contributed by atoms with Crippen molar-refractivity contribution in [1.29, 1.82) is 0 Å². The summed E-state index contributed by atoms with van der Waals surface area (Å²) in [7, 11) is 0. The fraction of sp³-hybridized carbons (Fsp3) is 0.222. The van der Waals surface area contributed by atoms with Crippen LogP contribution in [0.3, 0.4) is 0 Å². The quantitative estimate of drug-likeness (QED) is 0.579. The van der Waals surface area contributed by atoms with Gasteiger partial charge >= 0.3 is 0 Å². The van der Waals surface area contributed by atoms with Gasteiger partial charge in [0.25, 0.3) is 5.89 Å². The molecular formula is C18H15BrN4O2S. The molecule has 0 saturated heterocycles. The number of anilines is 1. The van der Waals surface area contributed by atoms with Crippen molar-refractivity contribution in [2.75, 3.05) is 11.1 Å². The number of rotatable bonds is 6. The summed E-state index contributed by atoms with van der Waals surface area (Å²) in [6, 6.07) is 11.1. The number of aromatic nitrogens is 3. The maximum absolute atomic E-state index is 12.1. The first-order valence-electron chi connectivity index (χ1n) is 8.15. The van der Waals surface area contributed by atoms with E-state index in [0.717, 1.165) is 39.4 Å². The molecule has 26 heavy (non-hydrogen) atoms. The fourth-order valence-corrected chi connectivity index (χ4v) is 3.31. The minimum Gasteiger partial charge on any atom is -0.334 e. The van der Waals surface area contributed by atoms with Gasteiger partial charge in [0, 0.05) is 27.8 Å². The molecule has 8 heteroatoms. The Bertz CT molecular complexity index is 925. The van der Waals surface area contributed by atoms with Crippen LogP contribution < -0.4 is 5.32 Å². The van der Waals surface area contributed by atoms with Crippen LogP contribution in [0.1, 0.15) is 24.6 Å². The molecule has 1 amide bonds. The Morgan fingerprint density at radius 3 is 2.85 bits per heavy atom. The molecule has 1 aliphatic carbocycles. The van der Waals surface area contributed by atoms with Gasteiger partial charge in [-0.2, -0.15) is 4.98 Å². The first-order chi connectivity index (χ1) is 12.7. The van der Waals surface area contributed by atoms with Crippen LogP contribution >= 0.6 is 27.7 Å². The third kappa shape index (κ3) is 4.31. The molecular weight excluding hydrogens is 416 g/mol. The van der Waals surface area contributed by atoms with Crippen molar-refractivity contribution in [3.05, 3.63) is 52.9 Å². The molecule has 2 aromatic heterocycles. The van der Waals surface area contributed by atoms with Gasteiger partial charge in [-0.05, 0) is 49.2 Å². The lowest BCUT2D eigenvalue weighted by molar-refractivity contribution is -0.113. The minimum atomic E-state index is -0.0849. The lowest BCUT2D eigenvalue weighted by Gasteiger charge is -2.05. The van der Waals surface area contributed by atoms with Crippen molar-refractivity contribution in [2.45, 2.75) is 23.8 Å². The van der Waals surface area contributed by atoms with Crippen molar-refractivity contribution in [3.63, 3.8) is 0 Å². The summed E-state index contributed by atoms with van der Waals surface area (Å²) in [5, 5.41) is 7.63. The minimum absolute atomic E-state index is 0.0849. The zero-order valence-corrected chi connectivity index (χ0v) is 16.1. The van der Waals surface area contributed by atoms with E-state index in [2.05, 4.69) is 36.4 Å². The van der Waals surface area contributed by atoms with Gasteiger partial charge in [0.05, 0.1) is 10.8 Å². The third-order valence-corrected chi connectivity index (χ3v) is 5.30. The molecule has 1 aromatic carbocycles. The smallest absolute Gasteiger partial charge is 0.258 e. The first-order valence-corrected chi connectivity index (χ1v) is 9.93. The second-order valence-corrected chi connectivity index (χ2v) is 7.87. The highest BCUT2D eigenvalue weighted by molar-refractivity contribution is 9.10. The Kier molecular flexibility index (Phi) is 5.03. The van der Waals surface area contributed by atoms with Gasteiger partial charge in [-0.25, -0.2) is 4.98 Å². The van der Waals surface area contributed by atoms with Gasteiger partial charge in [0.2, 0.25) is 5.91 Å². The van der Waals surface area contributed by atoms with Crippen LogP contribution in [0.2, 0.25) is 0 Å². The molecule has 0 unspecified atom stereocenters. The molecule has 6 nitrogen and oxygen atoms in total. The van der Waals surface area contributed by atoms with Crippen LogP contribution in [0.5, 0.6) is 0 Å². The normalized spacial score (nSPS) is 13.6. The number of pyridine rings is 1. The Morgan fingerprint density at radius 1 is 1.27 bits per heavy atom. The molecule has 0 atom stereocenters. The van der Waals surface area contributed by atoms with E-state index in [1.54, 1.807) is 6.20 Å². The first kappa shape index (κ1) is 17.2. The Labute approximate surface area is 162 Å². The summed E-state index contributed by atoms with van der Waals surface area (Å²) < 4.78 is 6.31. The Hall–Kier alpha value is -2.19. The topological polar surface area (TPSA) is 80.9 Å². The summed E-state index contributed by atoms with van der Waals surface area (Å²) >= 11 is 4.73. The zero-order valence-electron chi connectivity index (χ0n) is 13.7. The number of nitrogens with zero attached hydrogens (tertiary/aromatic N) is 3. The van der Waals surface area contributed by atoms with Crippen LogP contribution in [-0.2, 0) is 4.79 Å². The molecule has 1 saturated carbocycles. The van der Waals surface area contributed by atoms with E-state index < -0.39 is 0 Å². The number of amides is 1. The van der Waals surface area contributed by atoms with E-state index in [-0.39, 0.29) is 11.7 Å². The number of benzene rings is 1. The van der Waals surface area contributed by atoms with E-state index in [1.807, 2.05) is 36.4 Å². The second-order valence-electron chi connectivity index (χ2n) is 5.96. The van der Waals surface area contributed by atoms with Gasteiger partial charge in [0.15, 0.2) is 5.82 Å². The fourth-order valence-electron chi connectivity index (χ4n) is 2.35. The maximum atomic E-state index is 12.1. The maximum Gasteiger partial charge on any atom is 0.258 e. The lowest BCUT2D eigenvalue weighted by atomic mass is 10.3. The SMILES string of the molecule is O=C(CSc1cc(-c2nc(C3CC3)no2)ccn1)Nc1ccc(Br)cc1. The average molecular weight is 431 g/mol. The molecule has 1 aliphatic rings. The van der Waals surface area contributed by atoms with Crippen molar-refractivity contribution in [3.8, 4) is 11.5 Å². The summed E-state index contributed by atoms with van der Waals surface area (Å²) in [5.41, 5.74) is 1.58. The predicted octanol–water partition coefficient (Wildman–Crippen LogP) is 4.50. The zero-order chi connectivity index (χ0) is 17.9. The largest absolute Gasteiger partial charge is 0.334 e. The van der Waals surface area contributed by atoms with Crippen LogP contribution in [0.25, 0.3) is 11.5 Å². The van der Waals surface area contributed by atoms with Gasteiger partial charge in [-0.1, -0.05) is 32.8 Å². The summed E-state index contributed by atoms with van der Waals surface area (Å²) in [6.45, 7) is 0. The Morgan fingerprint density at radius 2 is 2.08 bits per heavy atom. The molecule has 4 rings (SSSR count). The van der Waals surface area contributed by atoms with Crippen molar-refractivity contribution in [2.24, 2.45) is 0 Å². The number of carbonyl (C=O) groups excluding carboxylic acids is 1. The monoisotopic (exact) mass is 430 g/mol. The molecule has 0 spiro atoms. The van der Waals surface area contributed by atoms with E-state index >= 15 is 0 Å². The summed E-state index contributed by atoms with van der Waals surface area (Å²) in [5.74, 6) is 1.91. The highest BCUT2D eigenvalue weighted by Crippen LogP contribution is 2.39. The number of halogens is 1. The second kappa shape index (κ2) is 7.59. The molecule has 2 heterocycles. The van der Waals surface area contributed by atoms with E-state index in [4.69, 9.17) is 4.52 Å². The van der Waals surface area contributed by atoms with E-state index in [9.17, 15) is 4.79 Å². The number of hydrogen-bond acceptors (Lipinski definition) is 6. The molecule has 3 aromatic rings. The molecule has 132 valence electrons. The standard InChI is InChI=1S/C18H15BrN4O2S/c19-13-3-5-14(6-4-13)21-15(24)10-26-16-9-12(7-8-20-16)18-22-17(23-25-18)11-1-2-11/h3-9,11H,1-2,10H2,(H,21,24). The number of thioether (sulfide) groups is 1. The number of carbonyl (C=O) groups is 1. The summed E-state index contributed by atoms with van der Waals surface area (Å²) in [6.07, 6.45) is 3.94. The number of nitrogens with one attached hydrogen (secondary N) is 1.